The van der Waals surface area contributed by atoms with E-state index in [1.165, 1.54) is 6.08 Å². The second-order valence-electron chi connectivity index (χ2n) is 10.1. The van der Waals surface area contributed by atoms with Crippen LogP contribution in [0.25, 0.3) is 5.83 Å². The van der Waals surface area contributed by atoms with Crippen LogP contribution in [0.5, 0.6) is 0 Å². The number of aryl methyl sites for hydroxylation is 1. The van der Waals surface area contributed by atoms with Crippen LogP contribution < -0.4 is 5.32 Å². The molecule has 216 valence electrons. The van der Waals surface area contributed by atoms with Gasteiger partial charge in [-0.3, -0.25) is 9.98 Å². The number of nitrogens with one attached hydrogen (secondary N) is 1. The van der Waals surface area contributed by atoms with Crippen LogP contribution in [-0.4, -0.2) is 58.2 Å². The van der Waals surface area contributed by atoms with E-state index in [1.54, 1.807) is 19.2 Å². The molecule has 1 atom stereocenters. The Bertz CT molecular complexity index is 1250. The van der Waals surface area contributed by atoms with E-state index in [0.29, 0.717) is 17.6 Å². The molecule has 0 radical (unpaired) electrons. The van der Waals surface area contributed by atoms with Crippen LogP contribution in [0.15, 0.2) is 64.3 Å². The number of aromatic nitrogens is 3. The average molecular weight is 570 g/mol. The van der Waals surface area contributed by atoms with E-state index >= 15 is 4.39 Å². The van der Waals surface area contributed by atoms with Gasteiger partial charge in [0.15, 0.2) is 11.7 Å². The molecule has 1 unspecified atom stereocenters. The molecule has 10 heteroatoms. The Morgan fingerprint density at radius 1 is 1.27 bits per heavy atom. The summed E-state index contributed by atoms with van der Waals surface area (Å²) in [6.07, 6.45) is 9.50. The smallest absolute Gasteiger partial charge is 0.167 e. The molecule has 0 bridgehead atoms. The van der Waals surface area contributed by atoms with Crippen LogP contribution in [0.4, 0.5) is 14.6 Å². The Kier molecular flexibility index (Phi) is 11.8. The molecule has 2 aromatic rings. The van der Waals surface area contributed by atoms with Gasteiger partial charge in [0.05, 0.1) is 6.20 Å². The maximum atomic E-state index is 15.2. The molecule has 7 nitrogen and oxygen atoms in total. The predicted molar refractivity (Wildman–Crippen MR) is 166 cm³/mol. The van der Waals surface area contributed by atoms with Gasteiger partial charge in [0.2, 0.25) is 0 Å². The first-order valence-corrected chi connectivity index (χ1v) is 14.3. The molecule has 3 rings (SSSR count). The van der Waals surface area contributed by atoms with Crippen molar-refractivity contribution in [1.82, 2.24) is 19.4 Å². The molecular formula is C30H41F2N7S. The van der Waals surface area contributed by atoms with E-state index in [2.05, 4.69) is 43.8 Å². The minimum Gasteiger partial charge on any atom is -0.351 e. The molecule has 0 aromatic carbocycles. The largest absolute Gasteiger partial charge is 0.351 e. The van der Waals surface area contributed by atoms with E-state index in [4.69, 9.17) is 12.6 Å². The predicted octanol–water partition coefficient (Wildman–Crippen LogP) is 7.15. The van der Waals surface area contributed by atoms with Crippen molar-refractivity contribution in [2.45, 2.75) is 58.8 Å². The van der Waals surface area contributed by atoms with E-state index in [9.17, 15) is 4.39 Å². The number of piperidine rings is 1. The van der Waals surface area contributed by atoms with Crippen molar-refractivity contribution in [2.24, 2.45) is 15.9 Å². The highest BCUT2D eigenvalue weighted by Gasteiger charge is 2.25. The van der Waals surface area contributed by atoms with Crippen molar-refractivity contribution in [1.29, 1.82) is 0 Å². The molecule has 2 aromatic heterocycles. The molecule has 1 fully saturated rings. The number of imidazole rings is 1. The summed E-state index contributed by atoms with van der Waals surface area (Å²) in [6, 6.07) is 4.02. The zero-order chi connectivity index (χ0) is 29.2. The topological polar surface area (TPSA) is 70.7 Å². The fourth-order valence-electron chi connectivity index (χ4n) is 4.81. The summed E-state index contributed by atoms with van der Waals surface area (Å²) in [5, 5.41) is 3.22. The third-order valence-corrected chi connectivity index (χ3v) is 7.89. The maximum absolute atomic E-state index is 15.2. The van der Waals surface area contributed by atoms with Crippen LogP contribution in [0.2, 0.25) is 0 Å². The molecule has 0 saturated carbocycles. The summed E-state index contributed by atoms with van der Waals surface area (Å²) in [7, 11) is 0. The van der Waals surface area contributed by atoms with Crippen LogP contribution in [0.3, 0.4) is 0 Å². The van der Waals surface area contributed by atoms with Gasteiger partial charge in [-0.25, -0.2) is 18.7 Å². The van der Waals surface area contributed by atoms with E-state index in [1.807, 2.05) is 43.7 Å². The summed E-state index contributed by atoms with van der Waals surface area (Å²) >= 11 is 4.89. The fourth-order valence-corrected chi connectivity index (χ4v) is 5.26. The van der Waals surface area contributed by atoms with Crippen molar-refractivity contribution in [2.75, 3.05) is 31.6 Å². The first-order chi connectivity index (χ1) is 19.2. The molecule has 1 N–H and O–H groups in total. The normalized spacial score (nSPS) is 17.4. The minimum atomic E-state index is -0.729. The number of thiol groups is 1. The minimum absolute atomic E-state index is 0.0216. The fraction of sp³-hybridized carbons (Fsp3) is 0.467. The summed E-state index contributed by atoms with van der Waals surface area (Å²) < 4.78 is 32.0. The second-order valence-corrected chi connectivity index (χ2v) is 10.7. The van der Waals surface area contributed by atoms with Crippen LogP contribution in [0, 0.1) is 12.8 Å². The first kappa shape index (κ1) is 31.4. The van der Waals surface area contributed by atoms with Gasteiger partial charge in [-0.1, -0.05) is 19.1 Å². The van der Waals surface area contributed by atoms with Gasteiger partial charge in [0.1, 0.15) is 29.7 Å². The first-order valence-electron chi connectivity index (χ1n) is 13.7. The average Bonchev–Trinajstić information content (AvgIpc) is 3.36. The lowest BCUT2D eigenvalue weighted by atomic mass is 9.90. The summed E-state index contributed by atoms with van der Waals surface area (Å²) in [6.45, 7) is 16.3. The number of aliphatic imine (C=N–C) groups is 2. The Morgan fingerprint density at radius 2 is 2.00 bits per heavy atom. The highest BCUT2D eigenvalue weighted by molar-refractivity contribution is 7.80. The maximum Gasteiger partial charge on any atom is 0.167 e. The lowest BCUT2D eigenvalue weighted by Crippen LogP contribution is -2.34. The molecule has 0 amide bonds. The van der Waals surface area contributed by atoms with Crippen LogP contribution in [0.1, 0.15) is 68.9 Å². The third kappa shape index (κ3) is 8.20. The number of halogens is 2. The number of nitrogens with zero attached hydrogens (tertiary/aromatic N) is 6. The van der Waals surface area contributed by atoms with Crippen molar-refractivity contribution in [3.05, 3.63) is 71.4 Å². The van der Waals surface area contributed by atoms with Crippen LogP contribution >= 0.6 is 12.6 Å². The van der Waals surface area contributed by atoms with Gasteiger partial charge in [-0.15, -0.1) is 0 Å². The number of allylic oxidation sites excluding steroid dienone is 4. The second kappa shape index (κ2) is 15.0. The molecule has 40 heavy (non-hydrogen) atoms. The lowest BCUT2D eigenvalue weighted by Gasteiger charge is -2.33. The molecule has 1 saturated heterocycles. The molecular weight excluding hydrogens is 528 g/mol. The number of hydrogen-bond acceptors (Lipinski definition) is 7. The van der Waals surface area contributed by atoms with Crippen molar-refractivity contribution in [3.63, 3.8) is 0 Å². The van der Waals surface area contributed by atoms with Gasteiger partial charge in [-0.2, -0.15) is 12.6 Å². The standard InChI is InChI=1S/C30H41F2N7S/c1-7-22(15-25(31)27-18-39(20(3)4)21(5)37-27)29(26(32)17-33-6)36-19-35-28-10-9-24(16-34-28)30(40)23-11-13-38(8-2)14-12-23/h7,9-10,15-18,20,23,30,40H,6,8,11-14,19H2,1-5H3,(H,34,35)/b22-7+,25-15+,26-17+,36-29-. The number of pyridine rings is 1. The Morgan fingerprint density at radius 3 is 2.55 bits per heavy atom. The third-order valence-electron chi connectivity index (χ3n) is 7.17. The number of likely N-dealkylation sites (tertiary alicyclic amines) is 1. The van der Waals surface area contributed by atoms with Crippen molar-refractivity contribution >= 4 is 36.7 Å². The quantitative estimate of drug-likeness (QED) is 0.162. The lowest BCUT2D eigenvalue weighted by molar-refractivity contribution is 0.191. The van der Waals surface area contributed by atoms with Gasteiger partial charge in [0, 0.05) is 29.3 Å². The number of hydrogen-bond donors (Lipinski definition) is 2. The highest BCUT2D eigenvalue weighted by atomic mass is 32.1. The Labute approximate surface area is 242 Å². The monoisotopic (exact) mass is 569 g/mol. The number of anilines is 1. The SMILES string of the molecule is C=N\C=C(F)/C(=N\CNc1ccc(C(S)C2CCN(CC)CC2)cn1)C(=C/C)/C=C(/F)c1cn(C(C)C)c(C)n1. The summed E-state index contributed by atoms with van der Waals surface area (Å²) in [5.41, 5.74) is 1.45. The summed E-state index contributed by atoms with van der Waals surface area (Å²) in [4.78, 5) is 19.2. The Balaban J connectivity index is 1.72. The van der Waals surface area contributed by atoms with E-state index in [0.717, 1.165) is 44.2 Å². The Hall–Kier alpha value is -3.11. The molecule has 0 aliphatic carbocycles. The van der Waals surface area contributed by atoms with Gasteiger partial charge < -0.3 is 14.8 Å². The molecule has 0 spiro atoms. The van der Waals surface area contributed by atoms with Gasteiger partial charge >= 0.3 is 0 Å². The van der Waals surface area contributed by atoms with Gasteiger partial charge in [-0.05, 0) is 90.5 Å². The zero-order valence-electron chi connectivity index (χ0n) is 24.1. The number of rotatable bonds is 12. The van der Waals surface area contributed by atoms with E-state index in [-0.39, 0.29) is 34.9 Å². The molecule has 1 aliphatic heterocycles. The van der Waals surface area contributed by atoms with Crippen molar-refractivity contribution in [3.8, 4) is 0 Å². The van der Waals surface area contributed by atoms with Crippen molar-refractivity contribution < 1.29 is 8.78 Å². The highest BCUT2D eigenvalue weighted by Crippen LogP contribution is 2.35. The summed E-state index contributed by atoms with van der Waals surface area (Å²) in [5.74, 6) is 0.490. The zero-order valence-corrected chi connectivity index (χ0v) is 25.0. The van der Waals surface area contributed by atoms with E-state index < -0.39 is 11.7 Å². The van der Waals surface area contributed by atoms with Crippen LogP contribution in [-0.2, 0) is 0 Å². The van der Waals surface area contributed by atoms with Gasteiger partial charge in [0.25, 0.3) is 0 Å². The molecule has 1 aliphatic rings. The molecule has 3 heterocycles.